The maximum atomic E-state index is 13.2. The molecular weight excluding hydrogens is 442 g/mol. The van der Waals surface area contributed by atoms with Gasteiger partial charge in [0.25, 0.3) is 0 Å². The Kier molecular flexibility index (Phi) is 14.6. The number of nitrogens with one attached hydrogen (secondary N) is 1. The lowest BCUT2D eigenvalue weighted by Gasteiger charge is -2.36. The fraction of sp³-hybridized carbons (Fsp3) is 0.517. The third kappa shape index (κ3) is 11.1. The van der Waals surface area contributed by atoms with Gasteiger partial charge in [-0.25, -0.2) is 4.79 Å². The first-order valence-electron chi connectivity index (χ1n) is 12.6. The van der Waals surface area contributed by atoms with Crippen LogP contribution >= 0.6 is 0 Å². The molecule has 1 aliphatic rings. The van der Waals surface area contributed by atoms with Crippen molar-refractivity contribution in [2.24, 2.45) is 5.41 Å². The number of rotatable bonds is 14. The van der Waals surface area contributed by atoms with Crippen molar-refractivity contribution in [3.8, 4) is 0 Å². The number of carbonyl (C=O) groups is 2. The van der Waals surface area contributed by atoms with Gasteiger partial charge in [0.1, 0.15) is 5.76 Å². The molecule has 0 amide bonds. The number of benzene rings is 1. The molecule has 2 rings (SSSR count). The number of allylic oxidation sites excluding steroid dienone is 4. The summed E-state index contributed by atoms with van der Waals surface area (Å²) in [7, 11) is 0. The third-order valence-corrected chi connectivity index (χ3v) is 6.07. The Balaban J connectivity index is 0.00000298. The van der Waals surface area contributed by atoms with E-state index in [1.165, 1.54) is 0 Å². The molecule has 35 heavy (non-hydrogen) atoms. The molecule has 0 bridgehead atoms. The van der Waals surface area contributed by atoms with E-state index in [4.69, 9.17) is 14.6 Å². The van der Waals surface area contributed by atoms with Crippen LogP contribution in [0.5, 0.6) is 0 Å². The minimum atomic E-state index is -0.931. The summed E-state index contributed by atoms with van der Waals surface area (Å²) in [6, 6.07) is 6.96. The summed E-state index contributed by atoms with van der Waals surface area (Å²) in [6.07, 6.45) is 11.3. The van der Waals surface area contributed by atoms with Crippen LogP contribution in [0.1, 0.15) is 69.3 Å². The maximum Gasteiger partial charge on any atom is 0.335 e. The molecule has 0 saturated carbocycles. The molecule has 0 spiro atoms. The Morgan fingerprint density at radius 3 is 2.46 bits per heavy atom. The molecule has 194 valence electrons. The lowest BCUT2D eigenvalue weighted by molar-refractivity contribution is -0.134. The molecule has 2 N–H and O–H groups in total. The SMILES string of the molecule is C=C(/C=C\C=C/C)OCCCC1(C(=O)CNC(C)Cc2ccc(C(=O)O)cc2)CCOCC1.CC. The molecule has 1 aromatic carbocycles. The highest BCUT2D eigenvalue weighted by Gasteiger charge is 2.38. The van der Waals surface area contributed by atoms with Crippen molar-refractivity contribution in [1.29, 1.82) is 0 Å². The number of aromatic carboxylic acids is 1. The fourth-order valence-electron chi connectivity index (χ4n) is 4.03. The number of ketones is 1. The van der Waals surface area contributed by atoms with Crippen LogP contribution in [0.3, 0.4) is 0 Å². The summed E-state index contributed by atoms with van der Waals surface area (Å²) in [6.45, 7) is 13.9. The van der Waals surface area contributed by atoms with E-state index in [0.717, 1.165) is 37.7 Å². The Labute approximate surface area is 211 Å². The van der Waals surface area contributed by atoms with E-state index in [1.54, 1.807) is 12.1 Å². The second kappa shape index (κ2) is 16.8. The van der Waals surface area contributed by atoms with Crippen molar-refractivity contribution >= 4 is 11.8 Å². The van der Waals surface area contributed by atoms with Crippen molar-refractivity contribution in [2.75, 3.05) is 26.4 Å². The Morgan fingerprint density at radius 2 is 1.86 bits per heavy atom. The fourth-order valence-corrected chi connectivity index (χ4v) is 4.03. The van der Waals surface area contributed by atoms with Gasteiger partial charge in [0.2, 0.25) is 0 Å². The van der Waals surface area contributed by atoms with Gasteiger partial charge in [0.05, 0.1) is 18.7 Å². The zero-order valence-electron chi connectivity index (χ0n) is 21.8. The number of ether oxygens (including phenoxy) is 2. The smallest absolute Gasteiger partial charge is 0.335 e. The van der Waals surface area contributed by atoms with E-state index < -0.39 is 5.97 Å². The van der Waals surface area contributed by atoms with Crippen LogP contribution in [-0.2, 0) is 20.7 Å². The minimum absolute atomic E-state index is 0.0946. The van der Waals surface area contributed by atoms with Crippen LogP contribution in [0.2, 0.25) is 0 Å². The van der Waals surface area contributed by atoms with Gasteiger partial charge in [-0.15, -0.1) is 0 Å². The number of hydrogen-bond acceptors (Lipinski definition) is 5. The van der Waals surface area contributed by atoms with E-state index in [0.29, 0.717) is 32.1 Å². The number of hydrogen-bond donors (Lipinski definition) is 2. The number of carbonyl (C=O) groups excluding carboxylic acids is 1. The van der Waals surface area contributed by atoms with Crippen LogP contribution in [0.15, 0.2) is 60.9 Å². The average Bonchev–Trinajstić information content (AvgIpc) is 2.87. The van der Waals surface area contributed by atoms with Crippen molar-refractivity contribution in [1.82, 2.24) is 5.32 Å². The molecule has 1 fully saturated rings. The summed E-state index contributed by atoms with van der Waals surface area (Å²) in [5.41, 5.74) is 0.936. The number of carboxylic acid groups (broad SMARTS) is 1. The van der Waals surface area contributed by atoms with E-state index in [9.17, 15) is 9.59 Å². The molecule has 6 heteroatoms. The summed E-state index contributed by atoms with van der Waals surface area (Å²) >= 11 is 0. The second-order valence-electron chi connectivity index (χ2n) is 8.61. The van der Waals surface area contributed by atoms with Crippen LogP contribution in [0.4, 0.5) is 0 Å². The van der Waals surface area contributed by atoms with E-state index in [1.807, 2.05) is 64.1 Å². The number of Topliss-reactive ketones (excluding diaryl/α,β-unsaturated/α-hetero) is 1. The van der Waals surface area contributed by atoms with Gasteiger partial charge in [-0.2, -0.15) is 0 Å². The van der Waals surface area contributed by atoms with Crippen LogP contribution in [0.25, 0.3) is 0 Å². The molecule has 1 atom stereocenters. The molecule has 0 radical (unpaired) electrons. The molecule has 6 nitrogen and oxygen atoms in total. The Bertz CT molecular complexity index is 835. The Hall–Kier alpha value is -2.70. The van der Waals surface area contributed by atoms with E-state index >= 15 is 0 Å². The molecule has 1 aromatic rings. The highest BCUT2D eigenvalue weighted by molar-refractivity contribution is 5.87. The second-order valence-corrected chi connectivity index (χ2v) is 8.61. The lowest BCUT2D eigenvalue weighted by atomic mass is 9.73. The first-order valence-corrected chi connectivity index (χ1v) is 12.6. The Morgan fingerprint density at radius 1 is 1.20 bits per heavy atom. The molecule has 1 unspecified atom stereocenters. The largest absolute Gasteiger partial charge is 0.494 e. The molecule has 1 saturated heterocycles. The van der Waals surface area contributed by atoms with Crippen molar-refractivity contribution in [2.45, 2.75) is 65.8 Å². The highest BCUT2D eigenvalue weighted by Crippen LogP contribution is 2.36. The van der Waals surface area contributed by atoms with Gasteiger partial charge in [0, 0.05) is 24.7 Å². The standard InChI is InChI=1S/C27H37NO5.C2H6/c1-4-5-6-8-22(3)33-16-7-13-27(14-17-32-18-15-27)25(29)20-28-21(2)19-23-9-11-24(12-10-23)26(30)31;1-2/h4-6,8-12,21,28H,3,7,13-20H2,1-2H3,(H,30,31);1-2H3/b5-4-,8-6-;. The first-order chi connectivity index (χ1) is 16.9. The van der Waals surface area contributed by atoms with Crippen LogP contribution in [0, 0.1) is 5.41 Å². The molecule has 0 aromatic heterocycles. The van der Waals surface area contributed by atoms with E-state index in [2.05, 4.69) is 11.9 Å². The topological polar surface area (TPSA) is 84.9 Å². The van der Waals surface area contributed by atoms with Gasteiger partial charge >= 0.3 is 5.97 Å². The maximum absolute atomic E-state index is 13.2. The predicted molar refractivity (Wildman–Crippen MR) is 142 cm³/mol. The van der Waals surface area contributed by atoms with Crippen molar-refractivity contribution < 1.29 is 24.2 Å². The van der Waals surface area contributed by atoms with E-state index in [-0.39, 0.29) is 22.8 Å². The van der Waals surface area contributed by atoms with Crippen LogP contribution in [-0.4, -0.2) is 49.3 Å². The summed E-state index contributed by atoms with van der Waals surface area (Å²) in [5.74, 6) is -0.0853. The normalized spacial score (nSPS) is 15.9. The monoisotopic (exact) mass is 485 g/mol. The first kappa shape index (κ1) is 30.3. The van der Waals surface area contributed by atoms with Crippen molar-refractivity contribution in [3.05, 3.63) is 72.0 Å². The predicted octanol–water partition coefficient (Wildman–Crippen LogP) is 5.74. The third-order valence-electron chi connectivity index (χ3n) is 6.07. The van der Waals surface area contributed by atoms with Crippen LogP contribution < -0.4 is 5.32 Å². The van der Waals surface area contributed by atoms with Gasteiger partial charge in [-0.1, -0.05) is 50.8 Å². The lowest BCUT2D eigenvalue weighted by Crippen LogP contribution is -2.44. The zero-order valence-corrected chi connectivity index (χ0v) is 21.8. The van der Waals surface area contributed by atoms with Gasteiger partial charge in [-0.05, 0) is 69.7 Å². The molecular formula is C29H43NO5. The molecule has 1 heterocycles. The zero-order chi connectivity index (χ0) is 26.1. The van der Waals surface area contributed by atoms with Gasteiger partial charge < -0.3 is 19.9 Å². The molecule has 1 aliphatic heterocycles. The summed E-state index contributed by atoms with van der Waals surface area (Å²) in [5, 5.41) is 12.4. The number of carboxylic acids is 1. The minimum Gasteiger partial charge on any atom is -0.494 e. The van der Waals surface area contributed by atoms with Gasteiger partial charge in [-0.3, -0.25) is 4.79 Å². The quantitative estimate of drug-likeness (QED) is 0.199. The summed E-state index contributed by atoms with van der Waals surface area (Å²) < 4.78 is 11.2. The van der Waals surface area contributed by atoms with Crippen molar-refractivity contribution in [3.63, 3.8) is 0 Å². The summed E-state index contributed by atoms with van der Waals surface area (Å²) in [4.78, 5) is 24.2. The molecule has 0 aliphatic carbocycles. The van der Waals surface area contributed by atoms with Gasteiger partial charge in [0.15, 0.2) is 5.78 Å². The highest BCUT2D eigenvalue weighted by atomic mass is 16.5. The average molecular weight is 486 g/mol.